The molecule has 0 aromatic heterocycles. The van der Waals surface area contributed by atoms with Crippen molar-refractivity contribution in [3.63, 3.8) is 0 Å². The van der Waals surface area contributed by atoms with Gasteiger partial charge in [-0.2, -0.15) is 0 Å². The third kappa shape index (κ3) is 2.17. The molecule has 0 saturated heterocycles. The van der Waals surface area contributed by atoms with E-state index in [4.69, 9.17) is 0 Å². The van der Waals surface area contributed by atoms with E-state index in [1.807, 2.05) is 0 Å². The van der Waals surface area contributed by atoms with E-state index in [0.29, 0.717) is 5.56 Å². The molecule has 0 radical (unpaired) electrons. The Morgan fingerprint density at radius 3 is 2.36 bits per heavy atom. The summed E-state index contributed by atoms with van der Waals surface area (Å²) in [6.45, 7) is 0. The molecule has 0 amide bonds. The van der Waals surface area contributed by atoms with Crippen molar-refractivity contribution in [1.82, 2.24) is 0 Å². The second-order valence-electron chi connectivity index (χ2n) is 2.67. The average Bonchev–Trinajstić information content (AvgIpc) is 2.27. The molecule has 0 aliphatic rings. The van der Waals surface area contributed by atoms with E-state index in [-0.39, 0.29) is 0 Å². The predicted molar refractivity (Wildman–Crippen MR) is 48.4 cm³/mol. The number of hydrogen-bond acceptors (Lipinski definition) is 4. The van der Waals surface area contributed by atoms with Gasteiger partial charge in [-0.25, -0.2) is 4.79 Å². The molecule has 0 heterocycles. The van der Waals surface area contributed by atoms with Crippen molar-refractivity contribution in [2.24, 2.45) is 0 Å². The number of rotatable bonds is 3. The number of hydrogen-bond donors (Lipinski definition) is 1. The Balaban J connectivity index is 2.81. The molecule has 0 aliphatic heterocycles. The number of esters is 1. The van der Waals surface area contributed by atoms with Crippen molar-refractivity contribution in [1.29, 1.82) is 0 Å². The number of methoxy groups -OCH3 is 1. The van der Waals surface area contributed by atoms with Crippen LogP contribution >= 0.6 is 0 Å². The van der Waals surface area contributed by atoms with Crippen LogP contribution in [0.2, 0.25) is 0 Å². The molecule has 4 nitrogen and oxygen atoms in total. The fourth-order valence-electron chi connectivity index (χ4n) is 0.999. The molecule has 1 aromatic rings. The quantitative estimate of drug-likeness (QED) is 0.561. The Morgan fingerprint density at radius 1 is 1.29 bits per heavy atom. The number of ether oxygens (including phenoxy) is 1. The lowest BCUT2D eigenvalue weighted by atomic mass is 10.1. The Labute approximate surface area is 81.1 Å². The normalized spacial score (nSPS) is 11.9. The Hall–Kier alpha value is -1.68. The van der Waals surface area contributed by atoms with Crippen molar-refractivity contribution in [2.45, 2.75) is 6.10 Å². The third-order valence-corrected chi connectivity index (χ3v) is 1.75. The molecule has 1 atom stereocenters. The van der Waals surface area contributed by atoms with Gasteiger partial charge in [0.1, 0.15) is 6.10 Å². The van der Waals surface area contributed by atoms with Gasteiger partial charge < -0.3 is 9.84 Å². The number of carbonyl (C=O) groups is 2. The van der Waals surface area contributed by atoms with Crippen LogP contribution in [0.1, 0.15) is 11.7 Å². The fraction of sp³-hybridized carbons (Fsp3) is 0.200. The largest absolute Gasteiger partial charge is 0.463 e. The standard InChI is InChI=1S/C10H10O4/c1-14-10(13)9(12)8(11)7-5-3-2-4-6-7/h2-6,8,11H,1H3. The number of carbonyl (C=O) groups excluding carboxylic acids is 2. The van der Waals surface area contributed by atoms with Gasteiger partial charge in [-0.05, 0) is 5.56 Å². The van der Waals surface area contributed by atoms with Crippen LogP contribution in [-0.4, -0.2) is 24.0 Å². The summed E-state index contributed by atoms with van der Waals surface area (Å²) >= 11 is 0. The maximum atomic E-state index is 11.1. The first-order valence-electron chi connectivity index (χ1n) is 4.02. The summed E-state index contributed by atoms with van der Waals surface area (Å²) < 4.78 is 4.21. The highest BCUT2D eigenvalue weighted by Gasteiger charge is 2.24. The van der Waals surface area contributed by atoms with E-state index < -0.39 is 17.9 Å². The van der Waals surface area contributed by atoms with Gasteiger partial charge in [-0.3, -0.25) is 4.79 Å². The van der Waals surface area contributed by atoms with E-state index >= 15 is 0 Å². The smallest absolute Gasteiger partial charge is 0.377 e. The van der Waals surface area contributed by atoms with Crippen LogP contribution in [0.4, 0.5) is 0 Å². The molecule has 0 aliphatic carbocycles. The van der Waals surface area contributed by atoms with Gasteiger partial charge in [-0.15, -0.1) is 0 Å². The van der Waals surface area contributed by atoms with E-state index in [2.05, 4.69) is 4.74 Å². The third-order valence-electron chi connectivity index (χ3n) is 1.75. The van der Waals surface area contributed by atoms with E-state index in [1.54, 1.807) is 30.3 Å². The summed E-state index contributed by atoms with van der Waals surface area (Å²) in [4.78, 5) is 21.9. The summed E-state index contributed by atoms with van der Waals surface area (Å²) in [6, 6.07) is 8.21. The molecule has 0 fully saturated rings. The number of aliphatic hydroxyl groups excluding tert-OH is 1. The Kier molecular flexibility index (Phi) is 3.36. The molecule has 74 valence electrons. The van der Waals surface area contributed by atoms with Crippen molar-refractivity contribution in [2.75, 3.05) is 7.11 Å². The van der Waals surface area contributed by atoms with Gasteiger partial charge in [0, 0.05) is 0 Å². The zero-order valence-electron chi connectivity index (χ0n) is 7.64. The van der Waals surface area contributed by atoms with Gasteiger partial charge in [0.2, 0.25) is 0 Å². The van der Waals surface area contributed by atoms with Crippen LogP contribution in [0.25, 0.3) is 0 Å². The monoisotopic (exact) mass is 194 g/mol. The van der Waals surface area contributed by atoms with E-state index in [1.165, 1.54) is 0 Å². The second kappa shape index (κ2) is 4.53. The lowest BCUT2D eigenvalue weighted by Gasteiger charge is -2.07. The summed E-state index contributed by atoms with van der Waals surface area (Å²) in [5, 5.41) is 9.44. The molecular formula is C10H10O4. The van der Waals surface area contributed by atoms with Gasteiger partial charge in [0.05, 0.1) is 7.11 Å². The van der Waals surface area contributed by atoms with E-state index in [0.717, 1.165) is 7.11 Å². The fourth-order valence-corrected chi connectivity index (χ4v) is 0.999. The van der Waals surface area contributed by atoms with Crippen LogP contribution in [0, 0.1) is 0 Å². The highest BCUT2D eigenvalue weighted by atomic mass is 16.5. The van der Waals surface area contributed by atoms with Gasteiger partial charge in [0.15, 0.2) is 0 Å². The topological polar surface area (TPSA) is 63.6 Å². The second-order valence-corrected chi connectivity index (χ2v) is 2.67. The number of benzene rings is 1. The Morgan fingerprint density at radius 2 is 1.86 bits per heavy atom. The minimum atomic E-state index is -1.44. The average molecular weight is 194 g/mol. The molecule has 1 unspecified atom stereocenters. The van der Waals surface area contributed by atoms with Crippen molar-refractivity contribution >= 4 is 11.8 Å². The first-order chi connectivity index (χ1) is 6.66. The predicted octanol–water partition coefficient (Wildman–Crippen LogP) is 0.462. The molecule has 14 heavy (non-hydrogen) atoms. The number of aliphatic hydroxyl groups is 1. The number of Topliss-reactive ketones (excluding diaryl/α,β-unsaturated/α-hetero) is 1. The molecule has 1 N–H and O–H groups in total. The van der Waals surface area contributed by atoms with Crippen molar-refractivity contribution in [3.05, 3.63) is 35.9 Å². The first-order valence-corrected chi connectivity index (χ1v) is 4.02. The molecule has 0 bridgehead atoms. The molecule has 4 heteroatoms. The van der Waals surface area contributed by atoms with Crippen LogP contribution in [-0.2, 0) is 14.3 Å². The van der Waals surface area contributed by atoms with Crippen LogP contribution in [0.5, 0.6) is 0 Å². The minimum absolute atomic E-state index is 0.378. The molecule has 0 spiro atoms. The highest BCUT2D eigenvalue weighted by molar-refractivity contribution is 6.35. The molecular weight excluding hydrogens is 184 g/mol. The molecule has 1 aromatic carbocycles. The summed E-state index contributed by atoms with van der Waals surface area (Å²) in [7, 11) is 1.10. The minimum Gasteiger partial charge on any atom is -0.463 e. The molecule has 1 rings (SSSR count). The van der Waals surface area contributed by atoms with Crippen molar-refractivity contribution < 1.29 is 19.4 Å². The summed E-state index contributed by atoms with van der Waals surface area (Å²) in [5.74, 6) is -2.00. The highest BCUT2D eigenvalue weighted by Crippen LogP contribution is 2.13. The number of ketones is 1. The lowest BCUT2D eigenvalue weighted by molar-refractivity contribution is -0.155. The van der Waals surface area contributed by atoms with E-state index in [9.17, 15) is 14.7 Å². The maximum absolute atomic E-state index is 11.1. The van der Waals surface area contributed by atoms with Gasteiger partial charge >= 0.3 is 5.97 Å². The van der Waals surface area contributed by atoms with Gasteiger partial charge in [0.25, 0.3) is 5.78 Å². The van der Waals surface area contributed by atoms with Crippen LogP contribution < -0.4 is 0 Å². The van der Waals surface area contributed by atoms with Crippen LogP contribution in [0.15, 0.2) is 30.3 Å². The van der Waals surface area contributed by atoms with Crippen LogP contribution in [0.3, 0.4) is 0 Å². The summed E-state index contributed by atoms with van der Waals surface area (Å²) in [6.07, 6.45) is -1.44. The summed E-state index contributed by atoms with van der Waals surface area (Å²) in [5.41, 5.74) is 0.378. The first kappa shape index (κ1) is 10.4. The molecule has 0 saturated carbocycles. The SMILES string of the molecule is COC(=O)C(=O)C(O)c1ccccc1. The Bertz CT molecular complexity index is 331. The maximum Gasteiger partial charge on any atom is 0.377 e. The lowest BCUT2D eigenvalue weighted by Crippen LogP contribution is -2.23. The van der Waals surface area contributed by atoms with Crippen molar-refractivity contribution in [3.8, 4) is 0 Å². The zero-order chi connectivity index (χ0) is 10.6. The van der Waals surface area contributed by atoms with Gasteiger partial charge in [-0.1, -0.05) is 30.3 Å². The zero-order valence-corrected chi connectivity index (χ0v) is 7.64.